The van der Waals surface area contributed by atoms with Crippen molar-refractivity contribution in [3.05, 3.63) is 48.0 Å². The van der Waals surface area contributed by atoms with Crippen molar-refractivity contribution in [2.75, 3.05) is 14.2 Å². The second-order valence-electron chi connectivity index (χ2n) is 4.01. The van der Waals surface area contributed by atoms with Gasteiger partial charge < -0.3 is 19.9 Å². The van der Waals surface area contributed by atoms with E-state index in [0.29, 0.717) is 28.6 Å². The Morgan fingerprint density at radius 3 is 2.05 bits per heavy atom. The molecule has 2 aromatic carbocycles. The Bertz CT molecular complexity index is 606. The molecule has 0 saturated heterocycles. The van der Waals surface area contributed by atoms with Gasteiger partial charge in [0.2, 0.25) is 0 Å². The van der Waals surface area contributed by atoms with Crippen molar-refractivity contribution in [2.24, 2.45) is 5.73 Å². The van der Waals surface area contributed by atoms with E-state index < -0.39 is 0 Å². The minimum absolute atomic E-state index is 0.287. The van der Waals surface area contributed by atoms with Crippen LogP contribution in [-0.4, -0.2) is 19.2 Å². The lowest BCUT2D eigenvalue weighted by atomic mass is 10.2. The van der Waals surface area contributed by atoms with Crippen molar-refractivity contribution < 1.29 is 14.2 Å². The van der Waals surface area contributed by atoms with Crippen molar-refractivity contribution in [3.63, 3.8) is 0 Å². The first-order valence-corrected chi connectivity index (χ1v) is 6.34. The third kappa shape index (κ3) is 3.19. The van der Waals surface area contributed by atoms with Gasteiger partial charge in [0.1, 0.15) is 28.0 Å². The van der Waals surface area contributed by atoms with Gasteiger partial charge >= 0.3 is 0 Å². The minimum atomic E-state index is 0.287. The highest BCUT2D eigenvalue weighted by Crippen LogP contribution is 2.32. The van der Waals surface area contributed by atoms with Crippen LogP contribution < -0.4 is 19.9 Å². The predicted molar refractivity (Wildman–Crippen MR) is 81.9 cm³/mol. The first kappa shape index (κ1) is 14.1. The number of hydrogen-bond acceptors (Lipinski definition) is 4. The minimum Gasteiger partial charge on any atom is -0.496 e. The molecule has 5 heteroatoms. The van der Waals surface area contributed by atoms with E-state index in [4.69, 9.17) is 32.2 Å². The third-order valence-electron chi connectivity index (χ3n) is 2.71. The molecule has 2 rings (SSSR count). The van der Waals surface area contributed by atoms with Crippen LogP contribution in [0.1, 0.15) is 5.56 Å². The predicted octanol–water partition coefficient (Wildman–Crippen LogP) is 3.13. The molecule has 104 valence electrons. The van der Waals surface area contributed by atoms with Crippen molar-refractivity contribution in [2.45, 2.75) is 0 Å². The van der Waals surface area contributed by atoms with Gasteiger partial charge in [-0.1, -0.05) is 24.4 Å². The summed E-state index contributed by atoms with van der Waals surface area (Å²) in [4.78, 5) is 0.287. The molecule has 0 saturated carbocycles. The van der Waals surface area contributed by atoms with Crippen LogP contribution in [-0.2, 0) is 0 Å². The van der Waals surface area contributed by atoms with Gasteiger partial charge in [0.05, 0.1) is 19.8 Å². The molecule has 2 N–H and O–H groups in total. The van der Waals surface area contributed by atoms with E-state index in [9.17, 15) is 0 Å². The fourth-order valence-electron chi connectivity index (χ4n) is 1.73. The average Bonchev–Trinajstić information content (AvgIpc) is 2.47. The van der Waals surface area contributed by atoms with Gasteiger partial charge in [0.15, 0.2) is 0 Å². The van der Waals surface area contributed by atoms with Gasteiger partial charge in [-0.3, -0.25) is 0 Å². The van der Waals surface area contributed by atoms with Crippen LogP contribution in [0.3, 0.4) is 0 Å². The standard InChI is InChI=1S/C15H15NO3S/c1-17-10-7-11(18-2)9-12(8-10)19-14-6-4-3-5-13(14)15(16)20/h3-9H,1-2H3,(H2,16,20). The van der Waals surface area contributed by atoms with E-state index in [1.54, 1.807) is 38.5 Å². The van der Waals surface area contributed by atoms with E-state index in [1.807, 2.05) is 18.2 Å². The zero-order valence-corrected chi connectivity index (χ0v) is 12.1. The molecule has 2 aromatic rings. The fourth-order valence-corrected chi connectivity index (χ4v) is 1.90. The van der Waals surface area contributed by atoms with Crippen LogP contribution in [0.25, 0.3) is 0 Å². The molecule has 0 radical (unpaired) electrons. The van der Waals surface area contributed by atoms with Gasteiger partial charge in [-0.2, -0.15) is 0 Å². The fraction of sp³-hybridized carbons (Fsp3) is 0.133. The number of thiocarbonyl (C=S) groups is 1. The quantitative estimate of drug-likeness (QED) is 0.857. The van der Waals surface area contributed by atoms with Crippen molar-refractivity contribution in [1.29, 1.82) is 0 Å². The lowest BCUT2D eigenvalue weighted by Crippen LogP contribution is -2.10. The summed E-state index contributed by atoms with van der Waals surface area (Å²) >= 11 is 5.01. The van der Waals surface area contributed by atoms with E-state index in [0.717, 1.165) is 0 Å². The molecule has 0 amide bonds. The molecule has 0 aliphatic heterocycles. The summed E-state index contributed by atoms with van der Waals surface area (Å²) in [6.07, 6.45) is 0. The largest absolute Gasteiger partial charge is 0.496 e. The van der Waals surface area contributed by atoms with Crippen LogP contribution in [0.2, 0.25) is 0 Å². The Morgan fingerprint density at radius 1 is 0.950 bits per heavy atom. The van der Waals surface area contributed by atoms with E-state index >= 15 is 0 Å². The average molecular weight is 289 g/mol. The highest BCUT2D eigenvalue weighted by Gasteiger charge is 2.09. The Kier molecular flexibility index (Phi) is 4.42. The molecule has 0 fully saturated rings. The molecule has 0 heterocycles. The number of nitrogens with two attached hydrogens (primary N) is 1. The maximum atomic E-state index is 5.83. The molecular weight excluding hydrogens is 274 g/mol. The molecular formula is C15H15NO3S. The van der Waals surface area contributed by atoms with Crippen LogP contribution in [0.4, 0.5) is 0 Å². The zero-order chi connectivity index (χ0) is 14.5. The molecule has 0 unspecified atom stereocenters. The van der Waals surface area contributed by atoms with Crippen molar-refractivity contribution in [1.82, 2.24) is 0 Å². The number of rotatable bonds is 5. The number of hydrogen-bond donors (Lipinski definition) is 1. The van der Waals surface area contributed by atoms with Gasteiger partial charge in [0, 0.05) is 18.2 Å². The van der Waals surface area contributed by atoms with Crippen LogP contribution in [0, 0.1) is 0 Å². The molecule has 0 atom stereocenters. The highest BCUT2D eigenvalue weighted by molar-refractivity contribution is 7.80. The van der Waals surface area contributed by atoms with Crippen molar-refractivity contribution >= 4 is 17.2 Å². The van der Waals surface area contributed by atoms with Gasteiger partial charge in [0.25, 0.3) is 0 Å². The summed E-state index contributed by atoms with van der Waals surface area (Å²) in [5.41, 5.74) is 6.37. The number of methoxy groups -OCH3 is 2. The van der Waals surface area contributed by atoms with Gasteiger partial charge in [-0.25, -0.2) is 0 Å². The zero-order valence-electron chi connectivity index (χ0n) is 11.3. The summed E-state index contributed by atoms with van der Waals surface area (Å²) in [5, 5.41) is 0. The normalized spacial score (nSPS) is 9.90. The summed E-state index contributed by atoms with van der Waals surface area (Å²) in [7, 11) is 3.17. The maximum absolute atomic E-state index is 5.83. The van der Waals surface area contributed by atoms with Gasteiger partial charge in [-0.05, 0) is 12.1 Å². The molecule has 0 bridgehead atoms. The molecule has 20 heavy (non-hydrogen) atoms. The summed E-state index contributed by atoms with van der Waals surface area (Å²) in [5.74, 6) is 2.47. The molecule has 0 aliphatic carbocycles. The number of benzene rings is 2. The second kappa shape index (κ2) is 6.25. The Labute approximate surface area is 123 Å². The Balaban J connectivity index is 2.37. The van der Waals surface area contributed by atoms with E-state index in [1.165, 1.54) is 0 Å². The van der Waals surface area contributed by atoms with Crippen molar-refractivity contribution in [3.8, 4) is 23.0 Å². The molecule has 0 aromatic heterocycles. The number of ether oxygens (including phenoxy) is 3. The van der Waals surface area contributed by atoms with Gasteiger partial charge in [-0.15, -0.1) is 0 Å². The third-order valence-corrected chi connectivity index (χ3v) is 2.93. The summed E-state index contributed by atoms with van der Waals surface area (Å²) in [6, 6.07) is 12.6. The topological polar surface area (TPSA) is 53.7 Å². The van der Waals surface area contributed by atoms with Crippen LogP contribution in [0.15, 0.2) is 42.5 Å². The molecule has 0 aliphatic rings. The van der Waals surface area contributed by atoms with E-state index in [2.05, 4.69) is 0 Å². The maximum Gasteiger partial charge on any atom is 0.137 e. The summed E-state index contributed by atoms with van der Waals surface area (Å²) in [6.45, 7) is 0. The number of para-hydroxylation sites is 1. The smallest absolute Gasteiger partial charge is 0.137 e. The molecule has 4 nitrogen and oxygen atoms in total. The second-order valence-corrected chi connectivity index (χ2v) is 4.45. The first-order valence-electron chi connectivity index (χ1n) is 5.94. The Morgan fingerprint density at radius 2 is 1.50 bits per heavy atom. The Hall–Kier alpha value is -2.27. The lowest BCUT2D eigenvalue weighted by molar-refractivity contribution is 0.386. The molecule has 0 spiro atoms. The lowest BCUT2D eigenvalue weighted by Gasteiger charge is -2.12. The summed E-state index contributed by atoms with van der Waals surface area (Å²) < 4.78 is 16.2. The monoisotopic (exact) mass is 289 g/mol. The SMILES string of the molecule is COc1cc(OC)cc(Oc2ccccc2C(N)=S)c1. The first-order chi connectivity index (χ1) is 9.63. The van der Waals surface area contributed by atoms with Crippen LogP contribution >= 0.6 is 12.2 Å². The van der Waals surface area contributed by atoms with E-state index in [-0.39, 0.29) is 4.99 Å². The van der Waals surface area contributed by atoms with Crippen LogP contribution in [0.5, 0.6) is 23.0 Å². The highest BCUT2D eigenvalue weighted by atomic mass is 32.1.